The number of hydrogen-bond acceptors (Lipinski definition) is 4. The number of amides is 1. The van der Waals surface area contributed by atoms with Gasteiger partial charge in [-0.05, 0) is 25.7 Å². The molecule has 0 aromatic carbocycles. The molecule has 0 saturated heterocycles. The number of rotatable bonds is 6. The lowest BCUT2D eigenvalue weighted by molar-refractivity contribution is 0.0912. The molecular formula is C13H21N3O2. The predicted molar refractivity (Wildman–Crippen MR) is 68.1 cm³/mol. The van der Waals surface area contributed by atoms with Crippen LogP contribution < -0.4 is 11.1 Å². The highest BCUT2D eigenvalue weighted by molar-refractivity contribution is 5.92. The van der Waals surface area contributed by atoms with Gasteiger partial charge in [0.2, 0.25) is 5.89 Å². The number of oxazole rings is 1. The standard InChI is InChI=1S/C13H21N3O2/c1-2-3-7-10(14)13-16-11(8-18-13)12(17)15-9-5-4-6-9/h8-10H,2-7,14H2,1H3,(H,15,17). The molecule has 1 aromatic rings. The van der Waals surface area contributed by atoms with Crippen molar-refractivity contribution in [3.05, 3.63) is 17.8 Å². The Kier molecular flexibility index (Phi) is 4.36. The molecule has 1 heterocycles. The van der Waals surface area contributed by atoms with Crippen molar-refractivity contribution in [3.8, 4) is 0 Å². The largest absolute Gasteiger partial charge is 0.446 e. The average Bonchev–Trinajstić information content (AvgIpc) is 2.80. The zero-order valence-corrected chi connectivity index (χ0v) is 10.8. The SMILES string of the molecule is CCCCC(N)c1nc(C(=O)NC2CCC2)co1. The fraction of sp³-hybridized carbons (Fsp3) is 0.692. The number of unbranched alkanes of at least 4 members (excludes halogenated alkanes) is 1. The molecule has 18 heavy (non-hydrogen) atoms. The Morgan fingerprint density at radius 3 is 3.06 bits per heavy atom. The molecule has 3 N–H and O–H groups in total. The van der Waals surface area contributed by atoms with E-state index in [-0.39, 0.29) is 11.9 Å². The molecule has 1 aliphatic rings. The number of carbonyl (C=O) groups is 1. The third-order valence-electron chi connectivity index (χ3n) is 3.38. The van der Waals surface area contributed by atoms with Gasteiger partial charge in [-0.25, -0.2) is 4.98 Å². The molecule has 5 nitrogen and oxygen atoms in total. The van der Waals surface area contributed by atoms with E-state index in [9.17, 15) is 4.79 Å². The fourth-order valence-corrected chi connectivity index (χ4v) is 1.92. The monoisotopic (exact) mass is 251 g/mol. The topological polar surface area (TPSA) is 81.1 Å². The summed E-state index contributed by atoms with van der Waals surface area (Å²) in [5.41, 5.74) is 6.28. The smallest absolute Gasteiger partial charge is 0.273 e. The third kappa shape index (κ3) is 3.10. The fourth-order valence-electron chi connectivity index (χ4n) is 1.92. The van der Waals surface area contributed by atoms with E-state index < -0.39 is 0 Å². The lowest BCUT2D eigenvalue weighted by atomic mass is 9.93. The zero-order valence-electron chi connectivity index (χ0n) is 10.8. The van der Waals surface area contributed by atoms with E-state index in [1.807, 2.05) is 0 Å². The Hall–Kier alpha value is -1.36. The van der Waals surface area contributed by atoms with Gasteiger partial charge in [0.25, 0.3) is 5.91 Å². The van der Waals surface area contributed by atoms with E-state index in [1.54, 1.807) is 0 Å². The minimum atomic E-state index is -0.213. The maximum absolute atomic E-state index is 11.8. The van der Waals surface area contributed by atoms with Gasteiger partial charge in [-0.3, -0.25) is 4.79 Å². The summed E-state index contributed by atoms with van der Waals surface area (Å²) in [6.07, 6.45) is 7.67. The number of nitrogens with zero attached hydrogens (tertiary/aromatic N) is 1. The summed E-state index contributed by atoms with van der Waals surface area (Å²) < 4.78 is 5.28. The molecule has 0 bridgehead atoms. The summed E-state index contributed by atoms with van der Waals surface area (Å²) in [4.78, 5) is 16.0. The first kappa shape index (κ1) is 13.1. The molecule has 0 radical (unpaired) electrons. The summed E-state index contributed by atoms with van der Waals surface area (Å²) in [7, 11) is 0. The van der Waals surface area contributed by atoms with Crippen LogP contribution in [0.3, 0.4) is 0 Å². The highest BCUT2D eigenvalue weighted by Gasteiger charge is 2.22. The van der Waals surface area contributed by atoms with Gasteiger partial charge in [-0.15, -0.1) is 0 Å². The molecule has 1 fully saturated rings. The number of aromatic nitrogens is 1. The molecule has 0 aliphatic heterocycles. The highest BCUT2D eigenvalue weighted by Crippen LogP contribution is 2.19. The summed E-state index contributed by atoms with van der Waals surface area (Å²) in [6.45, 7) is 2.11. The normalized spacial score (nSPS) is 17.2. The second-order valence-corrected chi connectivity index (χ2v) is 4.92. The van der Waals surface area contributed by atoms with Crippen LogP contribution in [0.2, 0.25) is 0 Å². The molecular weight excluding hydrogens is 230 g/mol. The molecule has 100 valence electrons. The number of carbonyl (C=O) groups excluding carboxylic acids is 1. The van der Waals surface area contributed by atoms with Crippen LogP contribution in [-0.2, 0) is 0 Å². The molecule has 1 aliphatic carbocycles. The van der Waals surface area contributed by atoms with Crippen molar-refractivity contribution < 1.29 is 9.21 Å². The Labute approximate surface area is 107 Å². The minimum Gasteiger partial charge on any atom is -0.446 e. The Balaban J connectivity index is 1.89. The minimum absolute atomic E-state index is 0.155. The highest BCUT2D eigenvalue weighted by atomic mass is 16.3. The van der Waals surface area contributed by atoms with E-state index in [1.165, 1.54) is 12.7 Å². The Bertz CT molecular complexity index is 399. The van der Waals surface area contributed by atoms with Gasteiger partial charge in [-0.1, -0.05) is 19.8 Å². The van der Waals surface area contributed by atoms with Crippen molar-refractivity contribution in [2.45, 2.75) is 57.5 Å². The van der Waals surface area contributed by atoms with Gasteiger partial charge in [0.05, 0.1) is 6.04 Å². The summed E-state index contributed by atoms with van der Waals surface area (Å²) in [5.74, 6) is 0.305. The van der Waals surface area contributed by atoms with E-state index >= 15 is 0 Å². The molecule has 0 spiro atoms. The third-order valence-corrected chi connectivity index (χ3v) is 3.38. The van der Waals surface area contributed by atoms with Crippen molar-refractivity contribution >= 4 is 5.91 Å². The first-order valence-corrected chi connectivity index (χ1v) is 6.72. The Morgan fingerprint density at radius 2 is 2.44 bits per heavy atom. The molecule has 1 saturated carbocycles. The second kappa shape index (κ2) is 6.00. The quantitative estimate of drug-likeness (QED) is 0.811. The van der Waals surface area contributed by atoms with Crippen LogP contribution in [0.15, 0.2) is 10.7 Å². The van der Waals surface area contributed by atoms with Gasteiger partial charge >= 0.3 is 0 Å². The van der Waals surface area contributed by atoms with Gasteiger partial charge < -0.3 is 15.5 Å². The number of nitrogens with two attached hydrogens (primary N) is 1. The molecule has 5 heteroatoms. The molecule has 1 amide bonds. The van der Waals surface area contributed by atoms with Crippen LogP contribution in [0.5, 0.6) is 0 Å². The van der Waals surface area contributed by atoms with Crippen molar-refractivity contribution in [3.63, 3.8) is 0 Å². The van der Waals surface area contributed by atoms with Crippen molar-refractivity contribution in [1.82, 2.24) is 10.3 Å². The predicted octanol–water partition coefficient (Wildman–Crippen LogP) is 2.15. The van der Waals surface area contributed by atoms with Crippen LogP contribution in [0.4, 0.5) is 0 Å². The van der Waals surface area contributed by atoms with Crippen molar-refractivity contribution in [2.24, 2.45) is 5.73 Å². The van der Waals surface area contributed by atoms with Crippen LogP contribution in [0.25, 0.3) is 0 Å². The lowest BCUT2D eigenvalue weighted by Crippen LogP contribution is -2.39. The molecule has 1 atom stereocenters. The van der Waals surface area contributed by atoms with Crippen molar-refractivity contribution in [1.29, 1.82) is 0 Å². The van der Waals surface area contributed by atoms with Crippen LogP contribution in [0, 0.1) is 0 Å². The molecule has 2 rings (SSSR count). The van der Waals surface area contributed by atoms with Gasteiger partial charge in [0.1, 0.15) is 6.26 Å². The lowest BCUT2D eigenvalue weighted by Gasteiger charge is -2.25. The van der Waals surface area contributed by atoms with E-state index in [0.29, 0.717) is 17.6 Å². The zero-order chi connectivity index (χ0) is 13.0. The van der Waals surface area contributed by atoms with E-state index in [0.717, 1.165) is 32.1 Å². The van der Waals surface area contributed by atoms with Crippen LogP contribution in [-0.4, -0.2) is 16.9 Å². The second-order valence-electron chi connectivity index (χ2n) is 4.92. The van der Waals surface area contributed by atoms with Crippen LogP contribution >= 0.6 is 0 Å². The van der Waals surface area contributed by atoms with Gasteiger partial charge in [0.15, 0.2) is 5.69 Å². The summed E-state index contributed by atoms with van der Waals surface area (Å²) in [5, 5.41) is 2.93. The Morgan fingerprint density at radius 1 is 1.67 bits per heavy atom. The van der Waals surface area contributed by atoms with Gasteiger partial charge in [0, 0.05) is 6.04 Å². The van der Waals surface area contributed by atoms with E-state index in [2.05, 4.69) is 17.2 Å². The maximum atomic E-state index is 11.8. The first-order chi connectivity index (χ1) is 8.70. The molecule has 1 unspecified atom stereocenters. The first-order valence-electron chi connectivity index (χ1n) is 6.72. The average molecular weight is 251 g/mol. The molecule has 1 aromatic heterocycles. The number of nitrogens with one attached hydrogen (secondary N) is 1. The van der Waals surface area contributed by atoms with Gasteiger partial charge in [-0.2, -0.15) is 0 Å². The van der Waals surface area contributed by atoms with E-state index in [4.69, 9.17) is 10.2 Å². The summed E-state index contributed by atoms with van der Waals surface area (Å²) >= 11 is 0. The van der Waals surface area contributed by atoms with Crippen LogP contribution in [0.1, 0.15) is 67.9 Å². The van der Waals surface area contributed by atoms with Crippen molar-refractivity contribution in [2.75, 3.05) is 0 Å². The maximum Gasteiger partial charge on any atom is 0.273 e. The summed E-state index contributed by atoms with van der Waals surface area (Å²) in [6, 6.07) is 0.0987. The number of hydrogen-bond donors (Lipinski definition) is 2.